The molecule has 1 atom stereocenters. The lowest BCUT2D eigenvalue weighted by molar-refractivity contribution is 0.0596. The molecule has 3 aromatic rings. The third-order valence-electron chi connectivity index (χ3n) is 5.69. The first-order chi connectivity index (χ1) is 14.1. The van der Waals surface area contributed by atoms with E-state index in [1.807, 2.05) is 66.4 Å². The minimum atomic E-state index is 0.0513. The van der Waals surface area contributed by atoms with Gasteiger partial charge in [-0.05, 0) is 56.4 Å². The first-order valence-electron chi connectivity index (χ1n) is 10.4. The van der Waals surface area contributed by atoms with Crippen LogP contribution in [-0.4, -0.2) is 47.5 Å². The van der Waals surface area contributed by atoms with Gasteiger partial charge in [-0.15, -0.1) is 0 Å². The number of rotatable bonds is 5. The van der Waals surface area contributed by atoms with E-state index in [0.29, 0.717) is 5.69 Å². The SMILES string of the molecule is CN(C)c1cccc(CC[C@@H]2CCCCN2C(=O)c2ccc3ccccc3n2)n1. The molecule has 3 heterocycles. The Hall–Kier alpha value is -2.95. The Morgan fingerprint density at radius 1 is 1.03 bits per heavy atom. The summed E-state index contributed by atoms with van der Waals surface area (Å²) in [6, 6.07) is 18.2. The molecule has 1 aromatic carbocycles. The van der Waals surface area contributed by atoms with E-state index in [1.54, 1.807) is 0 Å². The lowest BCUT2D eigenvalue weighted by Crippen LogP contribution is -2.44. The van der Waals surface area contributed by atoms with E-state index < -0.39 is 0 Å². The van der Waals surface area contributed by atoms with Crippen LogP contribution in [0.2, 0.25) is 0 Å². The molecule has 5 nitrogen and oxygen atoms in total. The van der Waals surface area contributed by atoms with Gasteiger partial charge in [0, 0.05) is 37.8 Å². The van der Waals surface area contributed by atoms with Crippen molar-refractivity contribution in [2.75, 3.05) is 25.5 Å². The number of benzene rings is 1. The lowest BCUT2D eigenvalue weighted by Gasteiger charge is -2.35. The Balaban J connectivity index is 1.49. The minimum Gasteiger partial charge on any atom is -0.363 e. The van der Waals surface area contributed by atoms with Crippen LogP contribution in [0.3, 0.4) is 0 Å². The van der Waals surface area contributed by atoms with Gasteiger partial charge in [0.25, 0.3) is 5.91 Å². The number of carbonyl (C=O) groups is 1. The Morgan fingerprint density at radius 3 is 2.76 bits per heavy atom. The van der Waals surface area contributed by atoms with Crippen molar-refractivity contribution in [3.05, 3.63) is 66.0 Å². The maximum atomic E-state index is 13.2. The van der Waals surface area contributed by atoms with Crippen molar-refractivity contribution in [3.8, 4) is 0 Å². The van der Waals surface area contributed by atoms with E-state index >= 15 is 0 Å². The van der Waals surface area contributed by atoms with Crippen LogP contribution in [0, 0.1) is 0 Å². The van der Waals surface area contributed by atoms with Crippen LogP contribution in [0.15, 0.2) is 54.6 Å². The predicted molar refractivity (Wildman–Crippen MR) is 117 cm³/mol. The number of para-hydroxylation sites is 1. The highest BCUT2D eigenvalue weighted by molar-refractivity contribution is 5.95. The highest BCUT2D eigenvalue weighted by Crippen LogP contribution is 2.24. The van der Waals surface area contributed by atoms with E-state index in [0.717, 1.165) is 54.6 Å². The molecule has 0 N–H and O–H groups in total. The first kappa shape index (κ1) is 19.4. The fourth-order valence-corrected chi connectivity index (χ4v) is 4.07. The number of aromatic nitrogens is 2. The van der Waals surface area contributed by atoms with Crippen LogP contribution in [-0.2, 0) is 6.42 Å². The van der Waals surface area contributed by atoms with Crippen LogP contribution >= 0.6 is 0 Å². The largest absolute Gasteiger partial charge is 0.363 e. The van der Waals surface area contributed by atoms with E-state index in [4.69, 9.17) is 4.98 Å². The summed E-state index contributed by atoms with van der Waals surface area (Å²) in [6.07, 6.45) is 5.09. The van der Waals surface area contributed by atoms with Gasteiger partial charge in [-0.2, -0.15) is 0 Å². The molecule has 5 heteroatoms. The summed E-state index contributed by atoms with van der Waals surface area (Å²) < 4.78 is 0. The van der Waals surface area contributed by atoms with Crippen molar-refractivity contribution in [1.82, 2.24) is 14.9 Å². The summed E-state index contributed by atoms with van der Waals surface area (Å²) in [5, 5.41) is 1.06. The van der Waals surface area contributed by atoms with Gasteiger partial charge in [0.05, 0.1) is 5.52 Å². The quantitative estimate of drug-likeness (QED) is 0.653. The Kier molecular flexibility index (Phi) is 5.74. The lowest BCUT2D eigenvalue weighted by atomic mass is 9.96. The summed E-state index contributed by atoms with van der Waals surface area (Å²) in [6.45, 7) is 0.809. The number of amides is 1. The number of anilines is 1. The molecular weight excluding hydrogens is 360 g/mol. The fourth-order valence-electron chi connectivity index (χ4n) is 4.07. The molecule has 0 spiro atoms. The standard InChI is InChI=1S/C24H28N4O/c1-27(2)23-12-7-9-19(25-23)14-15-20-10-5-6-17-28(20)24(29)22-16-13-18-8-3-4-11-21(18)26-22/h3-4,7-9,11-13,16,20H,5-6,10,14-15,17H2,1-2H3/t20-/m0/s1. The predicted octanol–water partition coefficient (Wildman–Crippen LogP) is 4.32. The van der Waals surface area contributed by atoms with Gasteiger partial charge in [0.15, 0.2) is 0 Å². The van der Waals surface area contributed by atoms with E-state index in [2.05, 4.69) is 17.1 Å². The smallest absolute Gasteiger partial charge is 0.272 e. The van der Waals surface area contributed by atoms with Crippen molar-refractivity contribution in [2.45, 2.75) is 38.1 Å². The number of pyridine rings is 2. The number of hydrogen-bond acceptors (Lipinski definition) is 4. The number of aryl methyl sites for hydroxylation is 1. The molecule has 0 unspecified atom stereocenters. The summed E-state index contributed by atoms with van der Waals surface area (Å²) in [5.41, 5.74) is 2.50. The average molecular weight is 389 g/mol. The van der Waals surface area contributed by atoms with Crippen molar-refractivity contribution >= 4 is 22.6 Å². The highest BCUT2D eigenvalue weighted by atomic mass is 16.2. The molecule has 4 rings (SSSR count). The van der Waals surface area contributed by atoms with Gasteiger partial charge in [-0.3, -0.25) is 4.79 Å². The molecule has 1 saturated heterocycles. The molecule has 0 radical (unpaired) electrons. The Bertz CT molecular complexity index is 1000. The van der Waals surface area contributed by atoms with Gasteiger partial charge in [0.1, 0.15) is 11.5 Å². The Morgan fingerprint density at radius 2 is 1.90 bits per heavy atom. The van der Waals surface area contributed by atoms with Crippen LogP contribution < -0.4 is 4.90 Å². The van der Waals surface area contributed by atoms with Crippen LogP contribution in [0.5, 0.6) is 0 Å². The second-order valence-corrected chi connectivity index (χ2v) is 7.96. The average Bonchev–Trinajstić information content (AvgIpc) is 2.77. The molecule has 1 aliphatic rings. The van der Waals surface area contributed by atoms with Crippen LogP contribution in [0.1, 0.15) is 41.9 Å². The van der Waals surface area contributed by atoms with Gasteiger partial charge in [0.2, 0.25) is 0 Å². The van der Waals surface area contributed by atoms with Crippen molar-refractivity contribution in [2.24, 2.45) is 0 Å². The van der Waals surface area contributed by atoms with Gasteiger partial charge in [-0.25, -0.2) is 9.97 Å². The first-order valence-corrected chi connectivity index (χ1v) is 10.4. The second kappa shape index (κ2) is 8.60. The molecule has 0 aliphatic carbocycles. The normalized spacial score (nSPS) is 16.8. The van der Waals surface area contributed by atoms with Crippen LogP contribution in [0.25, 0.3) is 10.9 Å². The molecule has 29 heavy (non-hydrogen) atoms. The number of hydrogen-bond donors (Lipinski definition) is 0. The maximum Gasteiger partial charge on any atom is 0.272 e. The highest BCUT2D eigenvalue weighted by Gasteiger charge is 2.28. The monoisotopic (exact) mass is 388 g/mol. The number of carbonyl (C=O) groups excluding carboxylic acids is 1. The molecule has 2 aromatic heterocycles. The van der Waals surface area contributed by atoms with Gasteiger partial charge < -0.3 is 9.80 Å². The molecule has 1 amide bonds. The van der Waals surface area contributed by atoms with Gasteiger partial charge >= 0.3 is 0 Å². The molecule has 1 fully saturated rings. The minimum absolute atomic E-state index is 0.0513. The topological polar surface area (TPSA) is 49.3 Å². The fraction of sp³-hybridized carbons (Fsp3) is 0.375. The third-order valence-corrected chi connectivity index (χ3v) is 5.69. The third kappa shape index (κ3) is 4.39. The molecule has 0 bridgehead atoms. The second-order valence-electron chi connectivity index (χ2n) is 7.96. The molecule has 150 valence electrons. The maximum absolute atomic E-state index is 13.2. The zero-order valence-corrected chi connectivity index (χ0v) is 17.2. The summed E-state index contributed by atoms with van der Waals surface area (Å²) in [7, 11) is 4.01. The van der Waals surface area contributed by atoms with E-state index in [-0.39, 0.29) is 11.9 Å². The summed E-state index contributed by atoms with van der Waals surface area (Å²) >= 11 is 0. The van der Waals surface area contributed by atoms with E-state index in [9.17, 15) is 4.79 Å². The molecular formula is C24H28N4O. The summed E-state index contributed by atoms with van der Waals surface area (Å²) in [4.78, 5) is 26.7. The summed E-state index contributed by atoms with van der Waals surface area (Å²) in [5.74, 6) is 1.02. The number of piperidine rings is 1. The molecule has 0 saturated carbocycles. The van der Waals surface area contributed by atoms with Crippen molar-refractivity contribution in [3.63, 3.8) is 0 Å². The zero-order chi connectivity index (χ0) is 20.2. The van der Waals surface area contributed by atoms with E-state index in [1.165, 1.54) is 6.42 Å². The van der Waals surface area contributed by atoms with Crippen molar-refractivity contribution in [1.29, 1.82) is 0 Å². The van der Waals surface area contributed by atoms with Crippen LogP contribution in [0.4, 0.5) is 5.82 Å². The number of likely N-dealkylation sites (tertiary alicyclic amines) is 1. The van der Waals surface area contributed by atoms with Gasteiger partial charge in [-0.1, -0.05) is 30.3 Å². The Labute approximate surface area is 172 Å². The molecule has 1 aliphatic heterocycles. The number of fused-ring (bicyclic) bond motifs is 1. The zero-order valence-electron chi connectivity index (χ0n) is 17.2. The number of nitrogens with zero attached hydrogens (tertiary/aromatic N) is 4. The van der Waals surface area contributed by atoms with Crippen molar-refractivity contribution < 1.29 is 4.79 Å².